The molecule has 3 aromatic rings. The molecule has 3 aromatic heterocycles. The van der Waals surface area contributed by atoms with Gasteiger partial charge in [0, 0.05) is 25.0 Å². The lowest BCUT2D eigenvalue weighted by molar-refractivity contribution is 0.0663. The number of H-pyrrole nitrogens is 2. The molecule has 0 unspecified atom stereocenters. The Morgan fingerprint density at radius 2 is 1.92 bits per heavy atom. The number of aromatic nitrogens is 5. The van der Waals surface area contributed by atoms with E-state index in [-0.39, 0.29) is 5.69 Å². The van der Waals surface area contributed by atoms with Crippen molar-refractivity contribution in [3.63, 3.8) is 0 Å². The number of fused-ring (bicyclic) bond motifs is 1. The lowest BCUT2D eigenvalue weighted by Gasteiger charge is -2.22. The summed E-state index contributed by atoms with van der Waals surface area (Å²) in [5.74, 6) is 0.950. The summed E-state index contributed by atoms with van der Waals surface area (Å²) in [7, 11) is 0. The largest absolute Gasteiger partial charge is 0.384 e. The second kappa shape index (κ2) is 6.04. The van der Waals surface area contributed by atoms with Gasteiger partial charge in [-0.15, -0.1) is 0 Å². The highest BCUT2D eigenvalue weighted by atomic mass is 16.5. The molecule has 0 amide bonds. The second-order valence-electron chi connectivity index (χ2n) is 6.03. The summed E-state index contributed by atoms with van der Waals surface area (Å²) in [4.78, 5) is 30.3. The highest BCUT2D eigenvalue weighted by Gasteiger charge is 2.20. The molecule has 0 aliphatic carbocycles. The van der Waals surface area contributed by atoms with Crippen LogP contribution in [-0.2, 0) is 11.2 Å². The second-order valence-corrected chi connectivity index (χ2v) is 6.03. The van der Waals surface area contributed by atoms with E-state index in [1.807, 2.05) is 6.07 Å². The number of hydrogen-bond acceptors (Lipinski definition) is 6. The molecule has 0 atom stereocenters. The number of ether oxygens (including phenoxy) is 1. The SMILES string of the molecule is Nc1ccc(-c2nc3[nH]c(=O)[nH]c3nc2CC2CCOCC2)cn1. The minimum Gasteiger partial charge on any atom is -0.384 e. The van der Waals surface area contributed by atoms with E-state index in [0.717, 1.165) is 49.4 Å². The van der Waals surface area contributed by atoms with E-state index < -0.39 is 0 Å². The van der Waals surface area contributed by atoms with Crippen LogP contribution in [-0.4, -0.2) is 38.1 Å². The molecule has 0 spiro atoms. The van der Waals surface area contributed by atoms with Crippen LogP contribution in [0.4, 0.5) is 5.82 Å². The van der Waals surface area contributed by atoms with Crippen LogP contribution in [0.3, 0.4) is 0 Å². The molecule has 4 N–H and O–H groups in total. The van der Waals surface area contributed by atoms with Crippen LogP contribution in [0.1, 0.15) is 18.5 Å². The van der Waals surface area contributed by atoms with Crippen LogP contribution in [0.5, 0.6) is 0 Å². The molecule has 0 saturated carbocycles. The maximum absolute atomic E-state index is 11.5. The molecule has 1 saturated heterocycles. The third-order valence-electron chi connectivity index (χ3n) is 4.31. The third kappa shape index (κ3) is 2.88. The van der Waals surface area contributed by atoms with Crippen molar-refractivity contribution in [1.29, 1.82) is 0 Å². The Bertz CT molecular complexity index is 908. The number of nitrogens with two attached hydrogens (primary N) is 1. The Kier molecular flexibility index (Phi) is 3.73. The van der Waals surface area contributed by atoms with E-state index in [2.05, 4.69) is 24.9 Å². The molecule has 0 aromatic carbocycles. The molecule has 4 heterocycles. The maximum atomic E-state index is 11.5. The van der Waals surface area contributed by atoms with Crippen molar-refractivity contribution in [3.05, 3.63) is 34.5 Å². The molecule has 124 valence electrons. The van der Waals surface area contributed by atoms with Crippen molar-refractivity contribution in [1.82, 2.24) is 24.9 Å². The highest BCUT2D eigenvalue weighted by Crippen LogP contribution is 2.27. The zero-order valence-electron chi connectivity index (χ0n) is 13.1. The lowest BCUT2D eigenvalue weighted by Crippen LogP contribution is -2.18. The average Bonchev–Trinajstić information content (AvgIpc) is 2.95. The minimum absolute atomic E-state index is 0.311. The zero-order chi connectivity index (χ0) is 16.5. The predicted molar refractivity (Wildman–Crippen MR) is 89.4 cm³/mol. The number of nitrogen functional groups attached to an aromatic ring is 1. The van der Waals surface area contributed by atoms with Gasteiger partial charge < -0.3 is 10.5 Å². The normalized spacial score (nSPS) is 15.8. The number of anilines is 1. The Morgan fingerprint density at radius 1 is 1.17 bits per heavy atom. The molecule has 1 aliphatic rings. The first-order valence-corrected chi connectivity index (χ1v) is 7.97. The van der Waals surface area contributed by atoms with Gasteiger partial charge in [-0.05, 0) is 37.3 Å². The van der Waals surface area contributed by atoms with E-state index >= 15 is 0 Å². The van der Waals surface area contributed by atoms with Gasteiger partial charge in [0.25, 0.3) is 0 Å². The first-order chi connectivity index (χ1) is 11.7. The number of rotatable bonds is 3. The maximum Gasteiger partial charge on any atom is 0.326 e. The highest BCUT2D eigenvalue weighted by molar-refractivity contribution is 5.72. The number of aromatic amines is 2. The van der Waals surface area contributed by atoms with Gasteiger partial charge >= 0.3 is 5.69 Å². The smallest absolute Gasteiger partial charge is 0.326 e. The molecule has 1 fully saturated rings. The average molecular weight is 326 g/mol. The molecule has 8 heteroatoms. The van der Waals surface area contributed by atoms with Crippen LogP contribution >= 0.6 is 0 Å². The molecule has 8 nitrogen and oxygen atoms in total. The summed E-state index contributed by atoms with van der Waals surface area (Å²) < 4.78 is 5.43. The minimum atomic E-state index is -0.311. The van der Waals surface area contributed by atoms with Gasteiger partial charge in [-0.3, -0.25) is 9.97 Å². The lowest BCUT2D eigenvalue weighted by atomic mass is 9.93. The predicted octanol–water partition coefficient (Wildman–Crippen LogP) is 1.26. The standard InChI is InChI=1S/C16H18N6O2/c17-12-2-1-10(8-18-12)13-11(7-9-3-5-24-6-4-9)19-14-15(20-13)22-16(23)21-14/h1-2,8-9H,3-7H2,(H2,17,18)(H2,19,20,21,22,23). The van der Waals surface area contributed by atoms with Crippen LogP contribution in [0.15, 0.2) is 23.1 Å². The topological polar surface area (TPSA) is 123 Å². The molecule has 0 radical (unpaired) electrons. The van der Waals surface area contributed by atoms with Crippen molar-refractivity contribution in [3.8, 4) is 11.3 Å². The van der Waals surface area contributed by atoms with Crippen LogP contribution in [0.25, 0.3) is 22.6 Å². The van der Waals surface area contributed by atoms with E-state index in [0.29, 0.717) is 23.0 Å². The Balaban J connectivity index is 1.80. The fraction of sp³-hybridized carbons (Fsp3) is 0.375. The molecule has 24 heavy (non-hydrogen) atoms. The number of hydrogen-bond donors (Lipinski definition) is 3. The number of pyridine rings is 1. The summed E-state index contributed by atoms with van der Waals surface area (Å²) in [6, 6.07) is 3.61. The Labute approximate surface area is 137 Å². The molecule has 4 rings (SSSR count). The Hall–Kier alpha value is -2.74. The van der Waals surface area contributed by atoms with E-state index in [4.69, 9.17) is 10.5 Å². The van der Waals surface area contributed by atoms with Crippen LogP contribution in [0.2, 0.25) is 0 Å². The fourth-order valence-corrected chi connectivity index (χ4v) is 3.03. The van der Waals surface area contributed by atoms with Crippen molar-refractivity contribution < 1.29 is 4.74 Å². The zero-order valence-corrected chi connectivity index (χ0v) is 13.1. The van der Waals surface area contributed by atoms with Gasteiger partial charge in [0.05, 0.1) is 11.4 Å². The van der Waals surface area contributed by atoms with Crippen molar-refractivity contribution in [2.75, 3.05) is 18.9 Å². The summed E-state index contributed by atoms with van der Waals surface area (Å²) in [5.41, 5.74) is 8.72. The van der Waals surface area contributed by atoms with E-state index in [1.165, 1.54) is 0 Å². The van der Waals surface area contributed by atoms with Crippen LogP contribution < -0.4 is 11.4 Å². The van der Waals surface area contributed by atoms with Crippen molar-refractivity contribution in [2.45, 2.75) is 19.3 Å². The Morgan fingerprint density at radius 3 is 2.62 bits per heavy atom. The summed E-state index contributed by atoms with van der Waals surface area (Å²) in [6.45, 7) is 1.56. The van der Waals surface area contributed by atoms with Gasteiger partial charge in [0.2, 0.25) is 0 Å². The van der Waals surface area contributed by atoms with E-state index in [9.17, 15) is 4.79 Å². The van der Waals surface area contributed by atoms with E-state index in [1.54, 1.807) is 12.3 Å². The summed E-state index contributed by atoms with van der Waals surface area (Å²) >= 11 is 0. The third-order valence-corrected chi connectivity index (χ3v) is 4.31. The monoisotopic (exact) mass is 326 g/mol. The molecule has 1 aliphatic heterocycles. The number of imidazole rings is 1. The molecular weight excluding hydrogens is 308 g/mol. The van der Waals surface area contributed by atoms with Crippen molar-refractivity contribution >= 4 is 17.1 Å². The summed E-state index contributed by atoms with van der Waals surface area (Å²) in [5, 5.41) is 0. The van der Waals surface area contributed by atoms with Gasteiger partial charge in [-0.2, -0.15) is 0 Å². The van der Waals surface area contributed by atoms with Gasteiger partial charge in [0.1, 0.15) is 5.82 Å². The first kappa shape index (κ1) is 14.8. The van der Waals surface area contributed by atoms with Crippen LogP contribution in [0, 0.1) is 5.92 Å². The first-order valence-electron chi connectivity index (χ1n) is 7.97. The quantitative estimate of drug-likeness (QED) is 0.666. The van der Waals surface area contributed by atoms with Gasteiger partial charge in [-0.1, -0.05) is 0 Å². The van der Waals surface area contributed by atoms with Crippen molar-refractivity contribution in [2.24, 2.45) is 5.92 Å². The fourth-order valence-electron chi connectivity index (χ4n) is 3.03. The number of nitrogens with one attached hydrogen (secondary N) is 2. The molecular formula is C16H18N6O2. The number of nitrogens with zero attached hydrogens (tertiary/aromatic N) is 3. The van der Waals surface area contributed by atoms with Gasteiger partial charge in [-0.25, -0.2) is 19.7 Å². The molecule has 0 bridgehead atoms. The van der Waals surface area contributed by atoms with Gasteiger partial charge in [0.15, 0.2) is 11.3 Å². The summed E-state index contributed by atoms with van der Waals surface area (Å²) in [6.07, 6.45) is 4.48.